The molecule has 82 valence electrons. The Morgan fingerprint density at radius 3 is 2.88 bits per heavy atom. The monoisotopic (exact) mass is 219 g/mol. The maximum atomic E-state index is 12.9. The van der Waals surface area contributed by atoms with Gasteiger partial charge in [-0.15, -0.1) is 0 Å². The lowest BCUT2D eigenvalue weighted by molar-refractivity contribution is 0.102. The molecule has 0 saturated heterocycles. The van der Waals surface area contributed by atoms with Crippen LogP contribution in [0.3, 0.4) is 0 Å². The molecule has 0 atom stereocenters. The number of benzene rings is 1. The molecule has 0 aliphatic carbocycles. The van der Waals surface area contributed by atoms with Crippen LogP contribution in [0.4, 0.5) is 10.2 Å². The van der Waals surface area contributed by atoms with Crippen LogP contribution in [0, 0.1) is 12.7 Å². The van der Waals surface area contributed by atoms with Crippen molar-refractivity contribution in [3.8, 4) is 0 Å². The van der Waals surface area contributed by atoms with Crippen molar-refractivity contribution in [2.75, 3.05) is 5.32 Å². The summed E-state index contributed by atoms with van der Waals surface area (Å²) in [7, 11) is 0. The van der Waals surface area contributed by atoms with Gasteiger partial charge in [0.2, 0.25) is 0 Å². The zero-order valence-corrected chi connectivity index (χ0v) is 8.62. The Morgan fingerprint density at radius 1 is 1.44 bits per heavy atom. The number of aryl methyl sites for hydroxylation is 1. The minimum absolute atomic E-state index is 0.264. The molecule has 0 spiro atoms. The number of H-pyrrole nitrogens is 1. The highest BCUT2D eigenvalue weighted by Crippen LogP contribution is 2.08. The number of amides is 1. The number of rotatable bonds is 2. The van der Waals surface area contributed by atoms with Gasteiger partial charge in [0.25, 0.3) is 5.91 Å². The number of halogens is 1. The van der Waals surface area contributed by atoms with Gasteiger partial charge in [-0.1, -0.05) is 6.07 Å². The fourth-order valence-corrected chi connectivity index (χ4v) is 1.30. The quantitative estimate of drug-likeness (QED) is 0.812. The maximum Gasteiger partial charge on any atom is 0.256 e. The van der Waals surface area contributed by atoms with E-state index in [9.17, 15) is 9.18 Å². The van der Waals surface area contributed by atoms with Gasteiger partial charge in [-0.25, -0.2) is 4.39 Å². The molecular formula is C11H10FN3O. The van der Waals surface area contributed by atoms with Gasteiger partial charge in [-0.05, 0) is 25.1 Å². The number of hydrogen-bond donors (Lipinski definition) is 2. The van der Waals surface area contributed by atoms with Crippen molar-refractivity contribution in [3.05, 3.63) is 47.4 Å². The van der Waals surface area contributed by atoms with Crippen molar-refractivity contribution in [1.29, 1.82) is 0 Å². The summed E-state index contributed by atoms with van der Waals surface area (Å²) in [5, 5.41) is 9.11. The predicted octanol–water partition coefficient (Wildman–Crippen LogP) is 2.11. The van der Waals surface area contributed by atoms with Crippen LogP contribution in [-0.2, 0) is 0 Å². The van der Waals surface area contributed by atoms with Crippen LogP contribution in [0.15, 0.2) is 30.3 Å². The van der Waals surface area contributed by atoms with E-state index in [0.717, 1.165) is 5.69 Å². The fraction of sp³-hybridized carbons (Fsp3) is 0.0909. The smallest absolute Gasteiger partial charge is 0.256 e. The first-order valence-corrected chi connectivity index (χ1v) is 4.74. The summed E-state index contributed by atoms with van der Waals surface area (Å²) in [6, 6.07) is 7.18. The Morgan fingerprint density at radius 2 is 2.25 bits per heavy atom. The van der Waals surface area contributed by atoms with E-state index in [-0.39, 0.29) is 11.5 Å². The average molecular weight is 219 g/mol. The molecule has 0 unspecified atom stereocenters. The lowest BCUT2D eigenvalue weighted by atomic mass is 10.2. The first-order valence-electron chi connectivity index (χ1n) is 4.74. The van der Waals surface area contributed by atoms with Crippen LogP contribution in [0.5, 0.6) is 0 Å². The summed E-state index contributed by atoms with van der Waals surface area (Å²) in [6.07, 6.45) is 0. The summed E-state index contributed by atoms with van der Waals surface area (Å²) in [5.41, 5.74) is 1.11. The van der Waals surface area contributed by atoms with Gasteiger partial charge in [0, 0.05) is 17.3 Å². The molecule has 4 nitrogen and oxygen atoms in total. The van der Waals surface area contributed by atoms with Gasteiger partial charge in [0.05, 0.1) is 0 Å². The highest BCUT2D eigenvalue weighted by molar-refractivity contribution is 6.03. The minimum Gasteiger partial charge on any atom is -0.305 e. The largest absolute Gasteiger partial charge is 0.305 e. The van der Waals surface area contributed by atoms with Crippen molar-refractivity contribution in [2.45, 2.75) is 6.92 Å². The molecule has 1 aromatic heterocycles. The van der Waals surface area contributed by atoms with Gasteiger partial charge in [-0.3, -0.25) is 9.89 Å². The standard InChI is InChI=1S/C11H10FN3O/c1-7-5-10(15-14-7)13-11(16)8-3-2-4-9(12)6-8/h2-6H,1H3,(H2,13,14,15,16). The van der Waals surface area contributed by atoms with Gasteiger partial charge in [-0.2, -0.15) is 5.10 Å². The molecule has 0 aliphatic rings. The number of anilines is 1. The first-order chi connectivity index (χ1) is 7.65. The van der Waals surface area contributed by atoms with Gasteiger partial charge in [0.15, 0.2) is 5.82 Å². The molecule has 2 rings (SSSR count). The molecule has 0 radical (unpaired) electrons. The van der Waals surface area contributed by atoms with Crippen LogP contribution < -0.4 is 5.32 Å². The maximum absolute atomic E-state index is 12.9. The van der Waals surface area contributed by atoms with E-state index in [1.165, 1.54) is 24.3 Å². The van der Waals surface area contributed by atoms with Crippen molar-refractivity contribution in [3.63, 3.8) is 0 Å². The number of carbonyl (C=O) groups is 1. The van der Waals surface area contributed by atoms with Gasteiger partial charge < -0.3 is 5.32 Å². The number of carbonyl (C=O) groups excluding carboxylic acids is 1. The second kappa shape index (κ2) is 4.14. The zero-order chi connectivity index (χ0) is 11.5. The molecule has 1 aromatic carbocycles. The second-order valence-corrected chi connectivity index (χ2v) is 3.40. The lowest BCUT2D eigenvalue weighted by Crippen LogP contribution is -2.12. The molecule has 5 heteroatoms. The Hall–Kier alpha value is -2.17. The number of aromatic nitrogens is 2. The number of nitrogens with one attached hydrogen (secondary N) is 2. The minimum atomic E-state index is -0.439. The predicted molar refractivity (Wildman–Crippen MR) is 57.7 cm³/mol. The molecule has 1 amide bonds. The number of nitrogens with zero attached hydrogens (tertiary/aromatic N) is 1. The summed E-state index contributed by atoms with van der Waals surface area (Å²) < 4.78 is 12.9. The third-order valence-electron chi connectivity index (χ3n) is 2.03. The molecule has 0 aliphatic heterocycles. The first kappa shape index (κ1) is 10.4. The number of aromatic amines is 1. The Labute approximate surface area is 91.5 Å². The average Bonchev–Trinajstić information content (AvgIpc) is 2.64. The molecule has 16 heavy (non-hydrogen) atoms. The van der Waals surface area contributed by atoms with E-state index in [1.54, 1.807) is 6.07 Å². The Bertz CT molecular complexity index is 521. The fourth-order valence-electron chi connectivity index (χ4n) is 1.30. The van der Waals surface area contributed by atoms with Crippen molar-refractivity contribution >= 4 is 11.7 Å². The molecule has 0 bridgehead atoms. The van der Waals surface area contributed by atoms with Crippen molar-refractivity contribution in [2.24, 2.45) is 0 Å². The lowest BCUT2D eigenvalue weighted by Gasteiger charge is -2.01. The molecule has 0 fully saturated rings. The second-order valence-electron chi connectivity index (χ2n) is 3.40. The summed E-state index contributed by atoms with van der Waals surface area (Å²) in [5.74, 6) is -0.399. The van der Waals surface area contributed by atoms with Crippen molar-refractivity contribution < 1.29 is 9.18 Å². The van der Waals surface area contributed by atoms with E-state index < -0.39 is 5.82 Å². The highest BCUT2D eigenvalue weighted by Gasteiger charge is 2.08. The van der Waals surface area contributed by atoms with Crippen LogP contribution in [0.2, 0.25) is 0 Å². The summed E-state index contributed by atoms with van der Waals surface area (Å²) in [6.45, 7) is 1.82. The van der Waals surface area contributed by atoms with Crippen molar-refractivity contribution in [1.82, 2.24) is 10.2 Å². The molecular weight excluding hydrogens is 209 g/mol. The van der Waals surface area contributed by atoms with Gasteiger partial charge >= 0.3 is 0 Å². The normalized spacial score (nSPS) is 10.1. The molecule has 2 aromatic rings. The summed E-state index contributed by atoms with van der Waals surface area (Å²) >= 11 is 0. The summed E-state index contributed by atoms with van der Waals surface area (Å²) in [4.78, 5) is 11.6. The van der Waals surface area contributed by atoms with E-state index in [4.69, 9.17) is 0 Å². The Balaban J connectivity index is 2.14. The number of hydrogen-bond acceptors (Lipinski definition) is 2. The van der Waals surface area contributed by atoms with E-state index in [1.807, 2.05) is 6.92 Å². The zero-order valence-electron chi connectivity index (χ0n) is 8.62. The molecule has 1 heterocycles. The molecule has 2 N–H and O–H groups in total. The van der Waals surface area contributed by atoms with E-state index in [2.05, 4.69) is 15.5 Å². The third kappa shape index (κ3) is 2.25. The van der Waals surface area contributed by atoms with Crippen LogP contribution in [0.25, 0.3) is 0 Å². The van der Waals surface area contributed by atoms with Crippen LogP contribution in [0.1, 0.15) is 16.1 Å². The van der Waals surface area contributed by atoms with E-state index >= 15 is 0 Å². The van der Waals surface area contributed by atoms with E-state index in [0.29, 0.717) is 5.82 Å². The highest BCUT2D eigenvalue weighted by atomic mass is 19.1. The van der Waals surface area contributed by atoms with Crippen LogP contribution >= 0.6 is 0 Å². The third-order valence-corrected chi connectivity index (χ3v) is 2.03. The van der Waals surface area contributed by atoms with Crippen LogP contribution in [-0.4, -0.2) is 16.1 Å². The SMILES string of the molecule is Cc1cc(NC(=O)c2cccc(F)c2)n[nH]1. The van der Waals surface area contributed by atoms with Gasteiger partial charge in [0.1, 0.15) is 5.82 Å². The molecule has 0 saturated carbocycles. The Kier molecular flexibility index (Phi) is 2.68. The topological polar surface area (TPSA) is 57.8 Å².